The lowest BCUT2D eigenvalue weighted by Crippen LogP contribution is -2.40. The largest absolute Gasteiger partial charge is 0.349 e. The summed E-state index contributed by atoms with van der Waals surface area (Å²) in [4.78, 5) is 0.365. The van der Waals surface area contributed by atoms with Crippen LogP contribution in [-0.2, 0) is 22.4 Å². The molecule has 1 fully saturated rings. The summed E-state index contributed by atoms with van der Waals surface area (Å²) in [7, 11) is -3.38. The van der Waals surface area contributed by atoms with Gasteiger partial charge in [-0.15, -0.1) is 11.6 Å². The van der Waals surface area contributed by atoms with E-state index in [1.807, 2.05) is 23.3 Å². The summed E-state index contributed by atoms with van der Waals surface area (Å²) in [5, 5.41) is 0.351. The minimum atomic E-state index is -3.38. The molecule has 1 aliphatic heterocycles. The first-order valence-electron chi connectivity index (χ1n) is 6.35. The van der Waals surface area contributed by atoms with Gasteiger partial charge in [0.15, 0.2) is 0 Å². The van der Waals surface area contributed by atoms with Crippen molar-refractivity contribution in [2.45, 2.75) is 36.4 Å². The van der Waals surface area contributed by atoms with Crippen LogP contribution < -0.4 is 0 Å². The van der Waals surface area contributed by atoms with Crippen LogP contribution >= 0.6 is 23.4 Å². The Morgan fingerprint density at radius 1 is 1.53 bits per heavy atom. The summed E-state index contributed by atoms with van der Waals surface area (Å²) in [5.74, 6) is 1.19. The Hall–Kier alpha value is -0.170. The van der Waals surface area contributed by atoms with Gasteiger partial charge in [0, 0.05) is 42.5 Å². The molecule has 0 saturated carbocycles. The van der Waals surface area contributed by atoms with Crippen LogP contribution in [0.15, 0.2) is 17.2 Å². The molecule has 1 saturated heterocycles. The van der Waals surface area contributed by atoms with Crippen molar-refractivity contribution in [3.8, 4) is 0 Å². The van der Waals surface area contributed by atoms with Crippen LogP contribution in [0.25, 0.3) is 0 Å². The zero-order valence-electron chi connectivity index (χ0n) is 11.2. The van der Waals surface area contributed by atoms with Gasteiger partial charge in [-0.1, -0.05) is 6.92 Å². The number of hydrogen-bond acceptors (Lipinski definition) is 3. The van der Waals surface area contributed by atoms with E-state index in [9.17, 15) is 8.42 Å². The summed E-state index contributed by atoms with van der Waals surface area (Å²) < 4.78 is 28.7. The average Bonchev–Trinajstić information content (AvgIpc) is 2.82. The molecule has 1 aromatic rings. The predicted molar refractivity (Wildman–Crippen MR) is 80.3 cm³/mol. The van der Waals surface area contributed by atoms with Crippen molar-refractivity contribution in [3.63, 3.8) is 0 Å². The van der Waals surface area contributed by atoms with E-state index in [-0.39, 0.29) is 0 Å². The number of rotatable bonds is 4. The first-order valence-corrected chi connectivity index (χ1v) is 9.38. The van der Waals surface area contributed by atoms with Crippen LogP contribution in [0.4, 0.5) is 0 Å². The molecule has 108 valence electrons. The lowest BCUT2D eigenvalue weighted by molar-refractivity contribution is 0.424. The minimum absolute atomic E-state index is 0.329. The first kappa shape index (κ1) is 15.2. The third kappa shape index (κ3) is 3.12. The second-order valence-electron chi connectivity index (χ2n) is 4.63. The highest BCUT2D eigenvalue weighted by Gasteiger charge is 2.30. The maximum atomic E-state index is 12.6. The molecule has 0 aliphatic carbocycles. The maximum Gasteiger partial charge on any atom is 0.244 e. The Labute approximate surface area is 124 Å². The number of aryl methyl sites for hydroxylation is 1. The number of alkyl halides is 1. The molecule has 19 heavy (non-hydrogen) atoms. The summed E-state index contributed by atoms with van der Waals surface area (Å²) in [5.41, 5.74) is 0.849. The molecule has 1 aromatic heterocycles. The van der Waals surface area contributed by atoms with Crippen molar-refractivity contribution in [2.24, 2.45) is 0 Å². The van der Waals surface area contributed by atoms with Crippen molar-refractivity contribution in [1.29, 1.82) is 0 Å². The number of halogens is 1. The van der Waals surface area contributed by atoms with Gasteiger partial charge in [0.25, 0.3) is 0 Å². The molecule has 1 atom stereocenters. The summed E-state index contributed by atoms with van der Waals surface area (Å²) >= 11 is 7.67. The Kier molecular flexibility index (Phi) is 4.87. The zero-order valence-corrected chi connectivity index (χ0v) is 13.6. The molecule has 0 amide bonds. The molecule has 0 aromatic carbocycles. The molecule has 0 bridgehead atoms. The van der Waals surface area contributed by atoms with Gasteiger partial charge < -0.3 is 4.57 Å². The Morgan fingerprint density at radius 2 is 2.26 bits per heavy atom. The average molecular weight is 323 g/mol. The predicted octanol–water partition coefficient (Wildman–Crippen LogP) is 2.37. The maximum absolute atomic E-state index is 12.6. The van der Waals surface area contributed by atoms with E-state index in [1.54, 1.807) is 16.6 Å². The highest BCUT2D eigenvalue weighted by molar-refractivity contribution is 8.00. The number of aromatic nitrogens is 1. The summed E-state index contributed by atoms with van der Waals surface area (Å²) in [6.07, 6.45) is 1.69. The fraction of sp³-hybridized carbons (Fsp3) is 0.667. The molecule has 1 unspecified atom stereocenters. The topological polar surface area (TPSA) is 42.3 Å². The van der Waals surface area contributed by atoms with E-state index in [2.05, 4.69) is 6.92 Å². The van der Waals surface area contributed by atoms with Crippen LogP contribution in [0.5, 0.6) is 0 Å². The number of thioether (sulfide) groups is 1. The fourth-order valence-electron chi connectivity index (χ4n) is 2.23. The van der Waals surface area contributed by atoms with Gasteiger partial charge in [-0.25, -0.2) is 8.42 Å². The number of sulfonamides is 1. The lowest BCUT2D eigenvalue weighted by atomic mass is 10.4. The molecule has 0 radical (unpaired) electrons. The normalized spacial score (nSPS) is 21.7. The van der Waals surface area contributed by atoms with Gasteiger partial charge >= 0.3 is 0 Å². The van der Waals surface area contributed by atoms with Gasteiger partial charge in [-0.05, 0) is 13.0 Å². The van der Waals surface area contributed by atoms with Gasteiger partial charge in [0.05, 0.1) is 5.88 Å². The molecule has 1 aliphatic rings. The van der Waals surface area contributed by atoms with Gasteiger partial charge in [-0.2, -0.15) is 16.1 Å². The molecule has 0 spiro atoms. The van der Waals surface area contributed by atoms with Crippen LogP contribution in [-0.4, -0.2) is 41.4 Å². The van der Waals surface area contributed by atoms with E-state index in [0.717, 1.165) is 18.0 Å². The van der Waals surface area contributed by atoms with E-state index in [1.165, 1.54) is 0 Å². The molecule has 2 heterocycles. The van der Waals surface area contributed by atoms with Crippen molar-refractivity contribution in [3.05, 3.63) is 18.0 Å². The SMILES string of the molecule is CCn1cc(S(=O)(=O)N2CCSC(C)C2)cc1CCl. The van der Waals surface area contributed by atoms with Crippen molar-refractivity contribution < 1.29 is 8.42 Å². The molecule has 7 heteroatoms. The lowest BCUT2D eigenvalue weighted by Gasteiger charge is -2.29. The number of nitrogens with zero attached hydrogens (tertiary/aromatic N) is 2. The first-order chi connectivity index (χ1) is 8.98. The zero-order chi connectivity index (χ0) is 14.0. The molecular formula is C12H19ClN2O2S2. The van der Waals surface area contributed by atoms with Gasteiger partial charge in [0.2, 0.25) is 10.0 Å². The minimum Gasteiger partial charge on any atom is -0.349 e. The highest BCUT2D eigenvalue weighted by atomic mass is 35.5. The molecule has 4 nitrogen and oxygen atoms in total. The van der Waals surface area contributed by atoms with Crippen LogP contribution in [0.2, 0.25) is 0 Å². The Bertz CT molecular complexity index is 520. The second kappa shape index (κ2) is 6.08. The molecular weight excluding hydrogens is 304 g/mol. The second-order valence-corrected chi connectivity index (χ2v) is 8.38. The van der Waals surface area contributed by atoms with Gasteiger partial charge in [-0.3, -0.25) is 0 Å². The number of hydrogen-bond donors (Lipinski definition) is 0. The third-order valence-corrected chi connectivity index (χ3v) is 6.52. The highest BCUT2D eigenvalue weighted by Crippen LogP contribution is 2.25. The van der Waals surface area contributed by atoms with Crippen LogP contribution in [0.3, 0.4) is 0 Å². The summed E-state index contributed by atoms with van der Waals surface area (Å²) in [6.45, 7) is 5.94. The van der Waals surface area contributed by atoms with Crippen molar-refractivity contribution >= 4 is 33.4 Å². The van der Waals surface area contributed by atoms with E-state index in [0.29, 0.717) is 29.1 Å². The van der Waals surface area contributed by atoms with E-state index < -0.39 is 10.0 Å². The van der Waals surface area contributed by atoms with Crippen LogP contribution in [0, 0.1) is 0 Å². The van der Waals surface area contributed by atoms with Gasteiger partial charge in [0.1, 0.15) is 4.90 Å². The fourth-order valence-corrected chi connectivity index (χ4v) is 5.27. The van der Waals surface area contributed by atoms with Crippen LogP contribution in [0.1, 0.15) is 19.5 Å². The van der Waals surface area contributed by atoms with E-state index in [4.69, 9.17) is 11.6 Å². The standard InChI is InChI=1S/C12H19ClN2O2S2/c1-3-14-9-12(6-11(14)7-13)19(16,17)15-4-5-18-10(2)8-15/h6,9-10H,3-5,7-8H2,1-2H3. The summed E-state index contributed by atoms with van der Waals surface area (Å²) in [6, 6.07) is 1.69. The Morgan fingerprint density at radius 3 is 2.79 bits per heavy atom. The van der Waals surface area contributed by atoms with E-state index >= 15 is 0 Å². The monoisotopic (exact) mass is 322 g/mol. The van der Waals surface area contributed by atoms with Crippen molar-refractivity contribution in [2.75, 3.05) is 18.8 Å². The van der Waals surface area contributed by atoms with Crippen molar-refractivity contribution in [1.82, 2.24) is 8.87 Å². The third-order valence-electron chi connectivity index (χ3n) is 3.28. The molecule has 2 rings (SSSR count). The Balaban J connectivity index is 2.31. The quantitative estimate of drug-likeness (QED) is 0.799. The smallest absolute Gasteiger partial charge is 0.244 e. The molecule has 0 N–H and O–H groups in total.